The molecule has 0 aliphatic carbocycles. The normalized spacial score (nSPS) is 12.2. The van der Waals surface area contributed by atoms with Crippen molar-refractivity contribution in [1.82, 2.24) is 10.6 Å². The van der Waals surface area contributed by atoms with E-state index in [4.69, 9.17) is 9.84 Å². The zero-order valence-electron chi connectivity index (χ0n) is 15.8. The molecular formula is C19H34IN3O2. The Bertz CT molecular complexity index is 460. The van der Waals surface area contributed by atoms with Gasteiger partial charge in [0.25, 0.3) is 0 Å². The average molecular weight is 463 g/mol. The van der Waals surface area contributed by atoms with Crippen molar-refractivity contribution in [1.29, 1.82) is 0 Å². The molecule has 5 nitrogen and oxygen atoms in total. The average Bonchev–Trinajstić information content (AvgIpc) is 2.58. The van der Waals surface area contributed by atoms with Crippen LogP contribution in [-0.4, -0.2) is 43.9 Å². The van der Waals surface area contributed by atoms with Gasteiger partial charge in [-0.1, -0.05) is 31.0 Å². The number of hydrogen-bond acceptors (Lipinski definition) is 3. The molecule has 3 N–H and O–H groups in total. The lowest BCUT2D eigenvalue weighted by Gasteiger charge is -2.15. The van der Waals surface area contributed by atoms with Crippen molar-refractivity contribution in [2.24, 2.45) is 10.9 Å². The number of aryl methyl sites for hydroxylation is 1. The Morgan fingerprint density at radius 3 is 2.48 bits per heavy atom. The van der Waals surface area contributed by atoms with Crippen molar-refractivity contribution in [3.63, 3.8) is 0 Å². The third-order valence-electron chi connectivity index (χ3n) is 3.77. The van der Waals surface area contributed by atoms with Crippen molar-refractivity contribution >= 4 is 29.9 Å². The Labute approximate surface area is 169 Å². The number of aliphatic imine (C=N–C) groups is 1. The van der Waals surface area contributed by atoms with Gasteiger partial charge in [0, 0.05) is 19.7 Å². The fourth-order valence-corrected chi connectivity index (χ4v) is 2.45. The fourth-order valence-electron chi connectivity index (χ4n) is 2.45. The van der Waals surface area contributed by atoms with Crippen LogP contribution in [0.25, 0.3) is 0 Å². The van der Waals surface area contributed by atoms with Crippen LogP contribution in [0.5, 0.6) is 5.75 Å². The molecule has 1 aromatic rings. The molecule has 1 rings (SSSR count). The number of nitrogens with zero attached hydrogens (tertiary/aromatic N) is 1. The summed E-state index contributed by atoms with van der Waals surface area (Å²) in [6, 6.07) is 8.06. The molecule has 0 amide bonds. The van der Waals surface area contributed by atoms with Crippen LogP contribution < -0.4 is 15.4 Å². The minimum atomic E-state index is 0. The predicted molar refractivity (Wildman–Crippen MR) is 116 cm³/mol. The molecule has 1 atom stereocenters. The lowest BCUT2D eigenvalue weighted by atomic mass is 10.0. The minimum Gasteiger partial charge on any atom is -0.492 e. The number of benzene rings is 1. The van der Waals surface area contributed by atoms with E-state index in [9.17, 15) is 0 Å². The van der Waals surface area contributed by atoms with E-state index in [0.717, 1.165) is 44.1 Å². The van der Waals surface area contributed by atoms with E-state index in [1.54, 1.807) is 0 Å². The summed E-state index contributed by atoms with van der Waals surface area (Å²) >= 11 is 0. The molecule has 0 saturated carbocycles. The molecule has 1 unspecified atom stereocenters. The van der Waals surface area contributed by atoms with Crippen molar-refractivity contribution in [2.75, 3.05) is 32.8 Å². The van der Waals surface area contributed by atoms with Gasteiger partial charge in [-0.2, -0.15) is 0 Å². The van der Waals surface area contributed by atoms with E-state index in [1.165, 1.54) is 5.56 Å². The Balaban J connectivity index is 0.00000576. The molecule has 0 spiro atoms. The van der Waals surface area contributed by atoms with Crippen LogP contribution in [0.1, 0.15) is 38.7 Å². The Kier molecular flexibility index (Phi) is 14.6. The molecule has 6 heteroatoms. The molecule has 0 bridgehead atoms. The smallest absolute Gasteiger partial charge is 0.191 e. The Morgan fingerprint density at radius 1 is 1.16 bits per heavy atom. The molecule has 0 heterocycles. The highest BCUT2D eigenvalue weighted by Crippen LogP contribution is 2.11. The van der Waals surface area contributed by atoms with Crippen LogP contribution in [0.2, 0.25) is 0 Å². The maximum absolute atomic E-state index is 9.13. The summed E-state index contributed by atoms with van der Waals surface area (Å²) in [4.78, 5) is 4.63. The van der Waals surface area contributed by atoms with Gasteiger partial charge in [-0.3, -0.25) is 4.99 Å². The number of nitrogens with one attached hydrogen (secondary N) is 2. The summed E-state index contributed by atoms with van der Waals surface area (Å²) in [5.41, 5.74) is 1.23. The molecule has 0 radical (unpaired) electrons. The molecule has 0 saturated heterocycles. The van der Waals surface area contributed by atoms with Gasteiger partial charge in [-0.25, -0.2) is 0 Å². The highest BCUT2D eigenvalue weighted by atomic mass is 127. The largest absolute Gasteiger partial charge is 0.492 e. The molecule has 144 valence electrons. The van der Waals surface area contributed by atoms with Crippen LogP contribution in [0, 0.1) is 12.8 Å². The SMILES string of the molecule is CCCC(CCO)CN=C(NCC)NCCOc1ccc(C)cc1.I. The Morgan fingerprint density at radius 2 is 1.88 bits per heavy atom. The van der Waals surface area contributed by atoms with Crippen LogP contribution in [-0.2, 0) is 0 Å². The molecule has 0 fully saturated rings. The highest BCUT2D eigenvalue weighted by molar-refractivity contribution is 14.0. The third-order valence-corrected chi connectivity index (χ3v) is 3.77. The summed E-state index contributed by atoms with van der Waals surface area (Å²) in [6.07, 6.45) is 3.03. The third kappa shape index (κ3) is 11.3. The monoisotopic (exact) mass is 463 g/mol. The van der Waals surface area contributed by atoms with Gasteiger partial charge in [0.1, 0.15) is 12.4 Å². The molecule has 0 aromatic heterocycles. The van der Waals surface area contributed by atoms with E-state index in [1.807, 2.05) is 24.3 Å². The molecule has 0 aliphatic rings. The number of aliphatic hydroxyl groups is 1. The topological polar surface area (TPSA) is 65.9 Å². The van der Waals surface area contributed by atoms with Gasteiger partial charge in [-0.15, -0.1) is 24.0 Å². The number of aliphatic hydroxyl groups excluding tert-OH is 1. The van der Waals surface area contributed by atoms with Crippen LogP contribution in [0.4, 0.5) is 0 Å². The van der Waals surface area contributed by atoms with Gasteiger partial charge >= 0.3 is 0 Å². The predicted octanol–water partition coefficient (Wildman–Crippen LogP) is 3.35. The van der Waals surface area contributed by atoms with E-state index in [-0.39, 0.29) is 30.6 Å². The number of ether oxygens (including phenoxy) is 1. The van der Waals surface area contributed by atoms with Gasteiger partial charge in [0.05, 0.1) is 6.54 Å². The zero-order chi connectivity index (χ0) is 17.6. The van der Waals surface area contributed by atoms with E-state index < -0.39 is 0 Å². The first-order valence-corrected chi connectivity index (χ1v) is 9.02. The Hall–Kier alpha value is -1.02. The first kappa shape index (κ1) is 24.0. The van der Waals surface area contributed by atoms with E-state index >= 15 is 0 Å². The second-order valence-corrected chi connectivity index (χ2v) is 5.97. The number of halogens is 1. The minimum absolute atomic E-state index is 0. The maximum Gasteiger partial charge on any atom is 0.191 e. The van der Waals surface area contributed by atoms with Gasteiger partial charge < -0.3 is 20.5 Å². The fraction of sp³-hybridized carbons (Fsp3) is 0.632. The zero-order valence-corrected chi connectivity index (χ0v) is 18.1. The quantitative estimate of drug-likeness (QED) is 0.204. The summed E-state index contributed by atoms with van der Waals surface area (Å²) in [5, 5.41) is 15.7. The standard InChI is InChI=1S/C19H33N3O2.HI/c1-4-6-17(11-13-23)15-22-19(20-5-2)21-12-14-24-18-9-7-16(3)8-10-18;/h7-10,17,23H,4-6,11-15H2,1-3H3,(H2,20,21,22);1H. The molecular weight excluding hydrogens is 429 g/mol. The first-order valence-electron chi connectivity index (χ1n) is 9.02. The van der Waals surface area contributed by atoms with Gasteiger partial charge in [-0.05, 0) is 44.7 Å². The number of rotatable bonds is 11. The van der Waals surface area contributed by atoms with Gasteiger partial charge in [0.15, 0.2) is 5.96 Å². The maximum atomic E-state index is 9.13. The van der Waals surface area contributed by atoms with Crippen LogP contribution in [0.15, 0.2) is 29.3 Å². The summed E-state index contributed by atoms with van der Waals surface area (Å²) in [7, 11) is 0. The second-order valence-electron chi connectivity index (χ2n) is 5.97. The first-order chi connectivity index (χ1) is 11.7. The van der Waals surface area contributed by atoms with Crippen molar-refractivity contribution in [3.05, 3.63) is 29.8 Å². The van der Waals surface area contributed by atoms with Crippen molar-refractivity contribution in [3.8, 4) is 5.75 Å². The van der Waals surface area contributed by atoms with Crippen molar-refractivity contribution < 1.29 is 9.84 Å². The molecule has 1 aromatic carbocycles. The highest BCUT2D eigenvalue weighted by Gasteiger charge is 2.07. The lowest BCUT2D eigenvalue weighted by molar-refractivity contribution is 0.253. The van der Waals surface area contributed by atoms with E-state index in [2.05, 4.69) is 36.4 Å². The molecule has 0 aliphatic heterocycles. The number of hydrogen-bond donors (Lipinski definition) is 3. The molecule has 25 heavy (non-hydrogen) atoms. The van der Waals surface area contributed by atoms with E-state index in [0.29, 0.717) is 19.1 Å². The summed E-state index contributed by atoms with van der Waals surface area (Å²) in [5.74, 6) is 2.14. The van der Waals surface area contributed by atoms with Crippen molar-refractivity contribution in [2.45, 2.75) is 40.0 Å². The number of guanidine groups is 1. The summed E-state index contributed by atoms with van der Waals surface area (Å²) in [6.45, 7) is 9.35. The van der Waals surface area contributed by atoms with Gasteiger partial charge in [0.2, 0.25) is 0 Å². The van der Waals surface area contributed by atoms with Crippen LogP contribution >= 0.6 is 24.0 Å². The second kappa shape index (κ2) is 15.3. The van der Waals surface area contributed by atoms with Crippen LogP contribution in [0.3, 0.4) is 0 Å². The summed E-state index contributed by atoms with van der Waals surface area (Å²) < 4.78 is 5.71. The lowest BCUT2D eigenvalue weighted by Crippen LogP contribution is -2.39.